The molecule has 1 atom stereocenters. The van der Waals surface area contributed by atoms with E-state index >= 15 is 0 Å². The predicted octanol–water partition coefficient (Wildman–Crippen LogP) is 4.67. The van der Waals surface area contributed by atoms with E-state index in [4.69, 9.17) is 16.0 Å². The number of halogens is 1. The molecule has 21 heavy (non-hydrogen) atoms. The largest absolute Gasteiger partial charge is 0.415 e. The highest BCUT2D eigenvalue weighted by molar-refractivity contribution is 6.74. The van der Waals surface area contributed by atoms with Crippen LogP contribution in [0, 0.1) is 0 Å². The Bertz CT molecular complexity index is 633. The third-order valence-corrected chi connectivity index (χ3v) is 9.23. The summed E-state index contributed by atoms with van der Waals surface area (Å²) in [4.78, 5) is 8.35. The van der Waals surface area contributed by atoms with E-state index in [2.05, 4.69) is 55.3 Å². The Balaban J connectivity index is 2.17. The van der Waals surface area contributed by atoms with Crippen molar-refractivity contribution in [3.63, 3.8) is 0 Å². The molecule has 0 saturated heterocycles. The number of aromatic nitrogens is 3. The van der Waals surface area contributed by atoms with Gasteiger partial charge in [0.1, 0.15) is 17.1 Å². The van der Waals surface area contributed by atoms with Gasteiger partial charge in [0.05, 0.1) is 18.0 Å². The van der Waals surface area contributed by atoms with E-state index in [1.165, 1.54) is 6.33 Å². The normalized spacial score (nSPS) is 14.6. The maximum atomic E-state index is 6.30. The molecule has 2 heterocycles. The van der Waals surface area contributed by atoms with Crippen molar-refractivity contribution >= 4 is 31.0 Å². The first-order valence-corrected chi connectivity index (χ1v) is 10.5. The molecule has 6 heteroatoms. The van der Waals surface area contributed by atoms with E-state index in [0.717, 1.165) is 11.0 Å². The summed E-state index contributed by atoms with van der Waals surface area (Å²) in [6.07, 6.45) is 3.51. The summed E-state index contributed by atoms with van der Waals surface area (Å²) >= 11 is 6.10. The maximum absolute atomic E-state index is 6.30. The molecule has 0 aliphatic rings. The quantitative estimate of drug-likeness (QED) is 0.606. The lowest BCUT2D eigenvalue weighted by molar-refractivity contribution is 0.241. The second-order valence-corrected chi connectivity index (χ2v) is 12.2. The molecule has 2 aromatic rings. The van der Waals surface area contributed by atoms with Crippen molar-refractivity contribution in [2.75, 3.05) is 6.61 Å². The lowest BCUT2D eigenvalue weighted by Gasteiger charge is -2.37. The minimum atomic E-state index is -1.73. The molecule has 2 aromatic heterocycles. The highest BCUT2D eigenvalue weighted by Crippen LogP contribution is 2.37. The molecule has 0 aliphatic carbocycles. The Hall–Kier alpha value is -0.913. The molecule has 116 valence electrons. The molecule has 0 aliphatic heterocycles. The first-order valence-electron chi connectivity index (χ1n) is 7.24. The average molecular weight is 326 g/mol. The molecule has 0 N–H and O–H groups in total. The number of fused-ring (bicyclic) bond motifs is 1. The van der Waals surface area contributed by atoms with Crippen LogP contribution < -0.4 is 0 Å². The molecule has 0 spiro atoms. The van der Waals surface area contributed by atoms with Crippen LogP contribution in [0.2, 0.25) is 23.3 Å². The zero-order chi connectivity index (χ0) is 15.8. The van der Waals surface area contributed by atoms with Gasteiger partial charge in [0.2, 0.25) is 0 Å². The molecule has 4 nitrogen and oxygen atoms in total. The lowest BCUT2D eigenvalue weighted by atomic mass is 10.2. The molecular weight excluding hydrogens is 302 g/mol. The van der Waals surface area contributed by atoms with Crippen molar-refractivity contribution in [1.82, 2.24) is 14.5 Å². The molecule has 0 fully saturated rings. The van der Waals surface area contributed by atoms with E-state index in [0.29, 0.717) is 11.8 Å². The number of rotatable bonds is 4. The molecule has 2 rings (SSSR count). The Morgan fingerprint density at radius 2 is 2.00 bits per heavy atom. The number of hydrogen-bond donors (Lipinski definition) is 0. The van der Waals surface area contributed by atoms with Gasteiger partial charge in [-0.3, -0.25) is 0 Å². The summed E-state index contributed by atoms with van der Waals surface area (Å²) in [5, 5.41) is 1.60. The van der Waals surface area contributed by atoms with Gasteiger partial charge >= 0.3 is 0 Å². The number of nitrogens with zero attached hydrogens (tertiary/aromatic N) is 3. The van der Waals surface area contributed by atoms with Crippen LogP contribution in [0.3, 0.4) is 0 Å². The van der Waals surface area contributed by atoms with Crippen molar-refractivity contribution in [3.8, 4) is 0 Å². The molecule has 0 amide bonds. The van der Waals surface area contributed by atoms with E-state index in [9.17, 15) is 0 Å². The van der Waals surface area contributed by atoms with Crippen LogP contribution in [0.1, 0.15) is 33.7 Å². The fourth-order valence-electron chi connectivity index (χ4n) is 1.92. The molecule has 0 saturated carbocycles. The highest BCUT2D eigenvalue weighted by Gasteiger charge is 2.37. The van der Waals surface area contributed by atoms with Gasteiger partial charge in [0.15, 0.2) is 8.32 Å². The molecule has 0 bridgehead atoms. The van der Waals surface area contributed by atoms with E-state index in [-0.39, 0.29) is 11.1 Å². The fourth-order valence-corrected chi connectivity index (χ4v) is 3.20. The number of hydrogen-bond acceptors (Lipinski definition) is 3. The fraction of sp³-hybridized carbons (Fsp3) is 0.600. The third kappa shape index (κ3) is 3.30. The first-order chi connectivity index (χ1) is 9.63. The summed E-state index contributed by atoms with van der Waals surface area (Å²) < 4.78 is 8.41. The van der Waals surface area contributed by atoms with E-state index in [1.807, 2.05) is 12.3 Å². The molecule has 0 radical (unpaired) electrons. The van der Waals surface area contributed by atoms with Crippen LogP contribution in [0.15, 0.2) is 18.6 Å². The van der Waals surface area contributed by atoms with E-state index in [1.54, 1.807) is 0 Å². The Morgan fingerprint density at radius 1 is 1.33 bits per heavy atom. The van der Waals surface area contributed by atoms with Gasteiger partial charge in [0.25, 0.3) is 0 Å². The van der Waals surface area contributed by atoms with Crippen LogP contribution in [0.5, 0.6) is 0 Å². The topological polar surface area (TPSA) is 39.9 Å². The van der Waals surface area contributed by atoms with Crippen LogP contribution >= 0.6 is 11.6 Å². The van der Waals surface area contributed by atoms with Gasteiger partial charge in [0, 0.05) is 6.20 Å². The monoisotopic (exact) mass is 325 g/mol. The zero-order valence-corrected chi connectivity index (χ0v) is 15.4. The second kappa shape index (κ2) is 5.70. The van der Waals surface area contributed by atoms with Gasteiger partial charge in [-0.15, -0.1) is 0 Å². The van der Waals surface area contributed by atoms with Gasteiger partial charge in [-0.1, -0.05) is 32.4 Å². The van der Waals surface area contributed by atoms with Crippen LogP contribution in [-0.2, 0) is 4.43 Å². The second-order valence-electron chi connectivity index (χ2n) is 7.05. The summed E-state index contributed by atoms with van der Waals surface area (Å²) in [5.74, 6) is 0. The van der Waals surface area contributed by atoms with Crippen molar-refractivity contribution < 1.29 is 4.43 Å². The van der Waals surface area contributed by atoms with Crippen LogP contribution in [0.25, 0.3) is 11.0 Å². The molecule has 1 unspecified atom stereocenters. The smallest absolute Gasteiger partial charge is 0.192 e. The van der Waals surface area contributed by atoms with Gasteiger partial charge < -0.3 is 8.99 Å². The SMILES string of the molecule is CC(CO[Si](C)(C)C(C)(C)C)n1ccc2c(Cl)ncnc21. The Morgan fingerprint density at radius 3 is 2.62 bits per heavy atom. The Labute approximate surface area is 132 Å². The minimum absolute atomic E-state index is 0.211. The zero-order valence-electron chi connectivity index (χ0n) is 13.6. The highest BCUT2D eigenvalue weighted by atomic mass is 35.5. The van der Waals surface area contributed by atoms with Gasteiger partial charge in [-0.05, 0) is 31.1 Å². The van der Waals surface area contributed by atoms with Crippen LogP contribution in [-0.4, -0.2) is 29.5 Å². The van der Waals surface area contributed by atoms with Crippen molar-refractivity contribution in [1.29, 1.82) is 0 Å². The summed E-state index contributed by atoms with van der Waals surface area (Å²) in [6.45, 7) is 14.1. The standard InChI is InChI=1S/C15H24ClN3OSi/c1-11(9-20-21(5,6)15(2,3)4)19-8-7-12-13(16)17-10-18-14(12)19/h7-8,10-11H,9H2,1-6H3. The van der Waals surface area contributed by atoms with Gasteiger partial charge in [-0.2, -0.15) is 0 Å². The minimum Gasteiger partial charge on any atom is -0.415 e. The third-order valence-electron chi connectivity index (χ3n) is 4.43. The van der Waals surface area contributed by atoms with E-state index < -0.39 is 8.32 Å². The maximum Gasteiger partial charge on any atom is 0.192 e. The summed E-state index contributed by atoms with van der Waals surface area (Å²) in [7, 11) is -1.73. The van der Waals surface area contributed by atoms with Crippen molar-refractivity contribution in [2.24, 2.45) is 0 Å². The van der Waals surface area contributed by atoms with Crippen molar-refractivity contribution in [3.05, 3.63) is 23.7 Å². The molecule has 0 aromatic carbocycles. The van der Waals surface area contributed by atoms with Crippen molar-refractivity contribution in [2.45, 2.75) is 51.9 Å². The average Bonchev–Trinajstić information content (AvgIpc) is 2.80. The summed E-state index contributed by atoms with van der Waals surface area (Å²) in [5.41, 5.74) is 0.862. The lowest BCUT2D eigenvalue weighted by Crippen LogP contribution is -2.41. The summed E-state index contributed by atoms with van der Waals surface area (Å²) in [6, 6.07) is 2.17. The Kier molecular flexibility index (Phi) is 4.47. The van der Waals surface area contributed by atoms with Crippen LogP contribution in [0.4, 0.5) is 0 Å². The molecular formula is C15H24ClN3OSi. The first kappa shape index (κ1) is 16.5. The predicted molar refractivity (Wildman–Crippen MR) is 90.4 cm³/mol. The van der Waals surface area contributed by atoms with Gasteiger partial charge in [-0.25, -0.2) is 9.97 Å².